The molecule has 1 saturated heterocycles. The van der Waals surface area contributed by atoms with E-state index in [2.05, 4.69) is 0 Å². The van der Waals surface area contributed by atoms with Gasteiger partial charge in [-0.15, -0.1) is 0 Å². The summed E-state index contributed by atoms with van der Waals surface area (Å²) < 4.78 is 31.7. The minimum Gasteiger partial charge on any atom is -0.430 e. The molecule has 1 atom stereocenters. The molecule has 2 heterocycles. The van der Waals surface area contributed by atoms with Crippen molar-refractivity contribution in [2.24, 2.45) is 0 Å². The zero-order valence-electron chi connectivity index (χ0n) is 13.6. The number of rotatable bonds is 4. The number of hydrogen-bond acceptors (Lipinski definition) is 5. The van der Waals surface area contributed by atoms with Crippen molar-refractivity contribution < 1.29 is 22.8 Å². The number of likely N-dealkylation sites (tertiary alicyclic amines) is 1. The maximum Gasteiger partial charge on any atom is 0.343 e. The molecule has 0 aliphatic carbocycles. The molecule has 1 amide bonds. The monoisotopic (exact) mass is 360 g/mol. The number of halogens is 2. The Morgan fingerprint density at radius 2 is 1.96 bits per heavy atom. The fourth-order valence-corrected chi connectivity index (χ4v) is 3.04. The van der Waals surface area contributed by atoms with E-state index >= 15 is 0 Å². The lowest BCUT2D eigenvalue weighted by atomic mass is 10.0. The van der Waals surface area contributed by atoms with Gasteiger partial charge in [0, 0.05) is 24.6 Å². The number of benzene rings is 1. The van der Waals surface area contributed by atoms with Gasteiger partial charge in [-0.2, -0.15) is 5.26 Å². The highest BCUT2D eigenvalue weighted by Crippen LogP contribution is 2.32. The van der Waals surface area contributed by atoms with E-state index in [1.165, 1.54) is 6.07 Å². The molecular weight excluding hydrogens is 346 g/mol. The standard InChI is InChI=1S/C18H14F2N2O4/c19-18(20)7-11(8-21)22(10-18)16(24)6-5-15(23)14-9-26-17(25)13-4-2-1-3-12(13)14/h1-4,9,11H,5-7,10H2/t11-/m0/s1. The maximum absolute atomic E-state index is 13.4. The Bertz CT molecular complexity index is 977. The average molecular weight is 360 g/mol. The fourth-order valence-electron chi connectivity index (χ4n) is 3.04. The third kappa shape index (κ3) is 3.33. The summed E-state index contributed by atoms with van der Waals surface area (Å²) in [5.41, 5.74) is -0.430. The normalized spacial score (nSPS) is 18.7. The van der Waals surface area contributed by atoms with Gasteiger partial charge in [-0.25, -0.2) is 13.6 Å². The lowest BCUT2D eigenvalue weighted by molar-refractivity contribution is -0.132. The van der Waals surface area contributed by atoms with E-state index in [4.69, 9.17) is 9.68 Å². The summed E-state index contributed by atoms with van der Waals surface area (Å²) in [4.78, 5) is 37.1. The lowest BCUT2D eigenvalue weighted by Crippen LogP contribution is -2.36. The smallest absolute Gasteiger partial charge is 0.343 e. The van der Waals surface area contributed by atoms with Crippen LogP contribution in [0.3, 0.4) is 0 Å². The van der Waals surface area contributed by atoms with Crippen molar-refractivity contribution in [1.29, 1.82) is 5.26 Å². The molecule has 0 spiro atoms. The largest absolute Gasteiger partial charge is 0.430 e. The zero-order chi connectivity index (χ0) is 18.9. The van der Waals surface area contributed by atoms with Crippen LogP contribution in [0.15, 0.2) is 39.7 Å². The van der Waals surface area contributed by atoms with Gasteiger partial charge in [0.2, 0.25) is 5.91 Å². The zero-order valence-corrected chi connectivity index (χ0v) is 13.6. The summed E-state index contributed by atoms with van der Waals surface area (Å²) in [7, 11) is 0. The summed E-state index contributed by atoms with van der Waals surface area (Å²) in [5, 5.41) is 9.58. The SMILES string of the molecule is N#C[C@@H]1CC(F)(F)CN1C(=O)CCC(=O)c1coc(=O)c2ccccc12. The highest BCUT2D eigenvalue weighted by molar-refractivity contribution is 6.08. The molecule has 1 fully saturated rings. The van der Waals surface area contributed by atoms with Gasteiger partial charge in [-0.1, -0.05) is 18.2 Å². The molecule has 1 aliphatic rings. The van der Waals surface area contributed by atoms with Crippen LogP contribution in [0, 0.1) is 11.3 Å². The second kappa shape index (κ2) is 6.67. The molecule has 1 aliphatic heterocycles. The Morgan fingerprint density at radius 3 is 2.65 bits per heavy atom. The highest BCUT2D eigenvalue weighted by atomic mass is 19.3. The molecule has 0 bridgehead atoms. The minimum atomic E-state index is -3.10. The first-order valence-electron chi connectivity index (χ1n) is 7.93. The molecule has 0 saturated carbocycles. The van der Waals surface area contributed by atoms with Gasteiger partial charge in [0.15, 0.2) is 5.78 Å². The van der Waals surface area contributed by atoms with Crippen LogP contribution in [-0.4, -0.2) is 35.1 Å². The van der Waals surface area contributed by atoms with Gasteiger partial charge in [-0.05, 0) is 6.07 Å². The second-order valence-electron chi connectivity index (χ2n) is 6.13. The Labute approximate surface area is 146 Å². The first kappa shape index (κ1) is 17.7. The Kier molecular flexibility index (Phi) is 4.55. The van der Waals surface area contributed by atoms with Gasteiger partial charge in [0.05, 0.1) is 23.6 Å². The van der Waals surface area contributed by atoms with E-state index in [0.29, 0.717) is 5.39 Å². The van der Waals surface area contributed by atoms with E-state index in [0.717, 1.165) is 11.2 Å². The quantitative estimate of drug-likeness (QED) is 0.782. The summed E-state index contributed by atoms with van der Waals surface area (Å²) >= 11 is 0. The van der Waals surface area contributed by atoms with Crippen molar-refractivity contribution in [2.45, 2.75) is 31.2 Å². The van der Waals surface area contributed by atoms with Gasteiger partial charge in [-0.3, -0.25) is 9.59 Å². The Hall–Kier alpha value is -3.08. The molecule has 6 nitrogen and oxygen atoms in total. The summed E-state index contributed by atoms with van der Waals surface area (Å²) in [6.07, 6.45) is -0.200. The predicted molar refractivity (Wildman–Crippen MR) is 86.7 cm³/mol. The number of carbonyl (C=O) groups excluding carboxylic acids is 2. The molecule has 0 unspecified atom stereocenters. The van der Waals surface area contributed by atoms with Crippen molar-refractivity contribution in [3.8, 4) is 6.07 Å². The van der Waals surface area contributed by atoms with Crippen LogP contribution in [0.25, 0.3) is 10.8 Å². The first-order valence-corrected chi connectivity index (χ1v) is 7.93. The van der Waals surface area contributed by atoms with E-state index < -0.39 is 42.2 Å². The minimum absolute atomic E-state index is 0.150. The number of Topliss-reactive ketones (excluding diaryl/α,β-unsaturated/α-hetero) is 1. The van der Waals surface area contributed by atoms with Crippen LogP contribution in [0.2, 0.25) is 0 Å². The molecular formula is C18H14F2N2O4. The van der Waals surface area contributed by atoms with Crippen LogP contribution in [0.5, 0.6) is 0 Å². The second-order valence-corrected chi connectivity index (χ2v) is 6.13. The van der Waals surface area contributed by atoms with Crippen LogP contribution in [-0.2, 0) is 4.79 Å². The molecule has 1 aromatic heterocycles. The average Bonchev–Trinajstić information content (AvgIpc) is 2.95. The number of alkyl halides is 2. The predicted octanol–water partition coefficient (Wildman–Crippen LogP) is 2.52. The van der Waals surface area contributed by atoms with Crippen LogP contribution >= 0.6 is 0 Å². The highest BCUT2D eigenvalue weighted by Gasteiger charge is 2.47. The van der Waals surface area contributed by atoms with Crippen LogP contribution < -0.4 is 5.63 Å². The molecule has 2 aromatic rings. The number of fused-ring (bicyclic) bond motifs is 1. The molecule has 26 heavy (non-hydrogen) atoms. The number of nitrogens with zero attached hydrogens (tertiary/aromatic N) is 2. The van der Waals surface area contributed by atoms with Crippen molar-refractivity contribution in [2.75, 3.05) is 6.54 Å². The molecule has 8 heteroatoms. The van der Waals surface area contributed by atoms with E-state index in [1.807, 2.05) is 0 Å². The van der Waals surface area contributed by atoms with Crippen molar-refractivity contribution in [1.82, 2.24) is 4.90 Å². The summed E-state index contributed by atoms with van der Waals surface area (Å²) in [6, 6.07) is 6.90. The Morgan fingerprint density at radius 1 is 1.27 bits per heavy atom. The van der Waals surface area contributed by atoms with Gasteiger partial charge < -0.3 is 9.32 Å². The molecule has 0 N–H and O–H groups in total. The molecule has 0 radical (unpaired) electrons. The molecule has 3 rings (SSSR count). The number of amides is 1. The number of ketones is 1. The maximum atomic E-state index is 13.4. The third-order valence-corrected chi connectivity index (χ3v) is 4.33. The lowest BCUT2D eigenvalue weighted by Gasteiger charge is -2.18. The van der Waals surface area contributed by atoms with Gasteiger partial charge in [0.25, 0.3) is 5.92 Å². The Balaban J connectivity index is 1.74. The fraction of sp³-hybridized carbons (Fsp3) is 0.333. The molecule has 1 aromatic carbocycles. The van der Waals surface area contributed by atoms with Crippen molar-refractivity contribution in [3.05, 3.63) is 46.5 Å². The van der Waals surface area contributed by atoms with Crippen LogP contribution in [0.4, 0.5) is 8.78 Å². The topological polar surface area (TPSA) is 91.4 Å². The van der Waals surface area contributed by atoms with E-state index in [9.17, 15) is 23.2 Å². The first-order chi connectivity index (χ1) is 12.3. The van der Waals surface area contributed by atoms with Gasteiger partial charge in [0.1, 0.15) is 12.3 Å². The third-order valence-electron chi connectivity index (χ3n) is 4.33. The van der Waals surface area contributed by atoms with E-state index in [-0.39, 0.29) is 23.8 Å². The van der Waals surface area contributed by atoms with Crippen molar-refractivity contribution >= 4 is 22.5 Å². The number of carbonyl (C=O) groups is 2. The van der Waals surface area contributed by atoms with Crippen molar-refractivity contribution in [3.63, 3.8) is 0 Å². The number of hydrogen-bond donors (Lipinski definition) is 0. The summed E-state index contributed by atoms with van der Waals surface area (Å²) in [5.74, 6) is -4.22. The number of nitriles is 1. The molecule has 134 valence electrons. The van der Waals surface area contributed by atoms with E-state index in [1.54, 1.807) is 24.3 Å². The van der Waals surface area contributed by atoms with Crippen LogP contribution in [0.1, 0.15) is 29.6 Å². The summed E-state index contributed by atoms with van der Waals surface area (Å²) in [6.45, 7) is -0.818. The van der Waals surface area contributed by atoms with Gasteiger partial charge >= 0.3 is 5.63 Å².